The molecule has 0 heterocycles. The largest absolute Gasteiger partial charge is 0.0615 e. The van der Waals surface area contributed by atoms with Gasteiger partial charge in [0.2, 0.25) is 0 Å². The molecule has 0 aromatic carbocycles. The molecule has 2 fully saturated rings. The Morgan fingerprint density at radius 2 is 1.16 bits per heavy atom. The molecule has 2 aliphatic rings. The van der Waals surface area contributed by atoms with Crippen molar-refractivity contribution in [3.8, 4) is 0 Å². The minimum absolute atomic E-state index is 0.486. The lowest BCUT2D eigenvalue weighted by Gasteiger charge is -2.56. The molecule has 0 nitrogen and oxygen atoms in total. The molecule has 2 saturated carbocycles. The van der Waals surface area contributed by atoms with Gasteiger partial charge in [-0.25, -0.2) is 0 Å². The van der Waals surface area contributed by atoms with Crippen LogP contribution in [0, 0.1) is 22.2 Å². The van der Waals surface area contributed by atoms with Crippen LogP contribution in [0.15, 0.2) is 0 Å². The quantitative estimate of drug-likeness (QED) is 0.539. The molecule has 0 amide bonds. The third-order valence-electron chi connectivity index (χ3n) is 7.64. The highest BCUT2D eigenvalue weighted by atomic mass is 14.5. The molecule has 0 bridgehead atoms. The summed E-state index contributed by atoms with van der Waals surface area (Å²) in [5.74, 6) is 0.850. The van der Waals surface area contributed by atoms with Gasteiger partial charge in [0.05, 0.1) is 0 Å². The zero-order valence-corrected chi connectivity index (χ0v) is 14.1. The molecule has 1 atom stereocenters. The third kappa shape index (κ3) is 2.74. The Hall–Kier alpha value is 0. The van der Waals surface area contributed by atoms with Crippen LogP contribution in [0.1, 0.15) is 98.8 Å². The third-order valence-corrected chi connectivity index (χ3v) is 7.64. The number of rotatable bonds is 3. The van der Waals surface area contributed by atoms with Crippen LogP contribution in [0.3, 0.4) is 0 Å². The Balaban J connectivity index is 2.17. The molecule has 1 unspecified atom stereocenters. The minimum Gasteiger partial charge on any atom is -0.0615 e. The second kappa shape index (κ2) is 5.41. The lowest BCUT2D eigenvalue weighted by molar-refractivity contribution is -0.0647. The van der Waals surface area contributed by atoms with E-state index in [0.29, 0.717) is 16.2 Å². The summed E-state index contributed by atoms with van der Waals surface area (Å²) in [5, 5.41) is 0. The molecule has 0 radical (unpaired) electrons. The van der Waals surface area contributed by atoms with E-state index in [-0.39, 0.29) is 0 Å². The van der Waals surface area contributed by atoms with Crippen molar-refractivity contribution < 1.29 is 0 Å². The molecule has 0 aromatic heterocycles. The molecule has 0 aromatic rings. The van der Waals surface area contributed by atoms with Crippen molar-refractivity contribution in [2.24, 2.45) is 22.2 Å². The first-order valence-corrected chi connectivity index (χ1v) is 8.82. The van der Waals surface area contributed by atoms with E-state index >= 15 is 0 Å². The highest BCUT2D eigenvalue weighted by Crippen LogP contribution is 2.59. The monoisotopic (exact) mass is 264 g/mol. The second-order valence-electron chi connectivity index (χ2n) is 8.78. The van der Waals surface area contributed by atoms with E-state index in [1.54, 1.807) is 0 Å². The van der Waals surface area contributed by atoms with Crippen LogP contribution in [0.4, 0.5) is 0 Å². The summed E-state index contributed by atoms with van der Waals surface area (Å²) < 4.78 is 0. The molecular formula is C19H36. The summed E-state index contributed by atoms with van der Waals surface area (Å²) in [6.07, 6.45) is 14.6. The van der Waals surface area contributed by atoms with Gasteiger partial charge in [-0.1, -0.05) is 73.1 Å². The van der Waals surface area contributed by atoms with E-state index in [2.05, 4.69) is 34.6 Å². The fraction of sp³-hybridized carbons (Fsp3) is 1.00. The maximum Gasteiger partial charge on any atom is -0.0269 e. The Morgan fingerprint density at radius 3 is 1.63 bits per heavy atom. The van der Waals surface area contributed by atoms with Crippen molar-refractivity contribution in [1.29, 1.82) is 0 Å². The van der Waals surface area contributed by atoms with Crippen LogP contribution in [-0.4, -0.2) is 0 Å². The summed E-state index contributed by atoms with van der Waals surface area (Å²) in [7, 11) is 0. The lowest BCUT2D eigenvalue weighted by Crippen LogP contribution is -2.47. The summed E-state index contributed by atoms with van der Waals surface area (Å²) in [4.78, 5) is 0. The first-order valence-electron chi connectivity index (χ1n) is 8.82. The van der Waals surface area contributed by atoms with Crippen molar-refractivity contribution >= 4 is 0 Å². The highest BCUT2D eigenvalue weighted by molar-refractivity contribution is 4.99. The van der Waals surface area contributed by atoms with Crippen molar-refractivity contribution in [3.63, 3.8) is 0 Å². The molecule has 0 spiro atoms. The SMILES string of the molecule is CC(C1(C)CCCCC1)C(C)(C)C1(C)CCCCC1. The molecule has 112 valence electrons. The molecule has 0 heteroatoms. The van der Waals surface area contributed by atoms with Crippen LogP contribution in [0.2, 0.25) is 0 Å². The summed E-state index contributed by atoms with van der Waals surface area (Å²) in [5.41, 5.74) is 1.66. The smallest absolute Gasteiger partial charge is 0.0269 e. The molecule has 0 aliphatic heterocycles. The van der Waals surface area contributed by atoms with Gasteiger partial charge >= 0.3 is 0 Å². The average molecular weight is 264 g/mol. The van der Waals surface area contributed by atoms with Crippen molar-refractivity contribution in [3.05, 3.63) is 0 Å². The highest BCUT2D eigenvalue weighted by Gasteiger charge is 2.50. The first kappa shape index (κ1) is 15.4. The Kier molecular flexibility index (Phi) is 4.38. The maximum absolute atomic E-state index is 2.59. The van der Waals surface area contributed by atoms with Gasteiger partial charge in [-0.15, -0.1) is 0 Å². The van der Waals surface area contributed by atoms with Gasteiger partial charge in [-0.3, -0.25) is 0 Å². The molecule has 0 saturated heterocycles. The van der Waals surface area contributed by atoms with E-state index in [0.717, 1.165) is 5.92 Å². The number of hydrogen-bond donors (Lipinski definition) is 0. The van der Waals surface area contributed by atoms with Crippen LogP contribution in [0.5, 0.6) is 0 Å². The zero-order chi connectivity index (χ0) is 14.1. The van der Waals surface area contributed by atoms with Gasteiger partial charge in [0.15, 0.2) is 0 Å². The van der Waals surface area contributed by atoms with Crippen LogP contribution in [0.25, 0.3) is 0 Å². The van der Waals surface area contributed by atoms with Crippen molar-refractivity contribution in [1.82, 2.24) is 0 Å². The van der Waals surface area contributed by atoms with Gasteiger partial charge in [0.25, 0.3) is 0 Å². The Labute approximate surface area is 121 Å². The van der Waals surface area contributed by atoms with Gasteiger partial charge < -0.3 is 0 Å². The van der Waals surface area contributed by atoms with Gasteiger partial charge in [-0.2, -0.15) is 0 Å². The summed E-state index contributed by atoms with van der Waals surface area (Å²) >= 11 is 0. The van der Waals surface area contributed by atoms with E-state index in [1.807, 2.05) is 0 Å². The predicted octanol–water partition coefficient (Wildman–Crippen LogP) is 6.59. The average Bonchev–Trinajstić information content (AvgIpc) is 2.39. The van der Waals surface area contributed by atoms with E-state index in [4.69, 9.17) is 0 Å². The van der Waals surface area contributed by atoms with Crippen molar-refractivity contribution in [2.75, 3.05) is 0 Å². The summed E-state index contributed by atoms with van der Waals surface area (Å²) in [6.45, 7) is 12.9. The normalized spacial score (nSPS) is 28.9. The molecule has 2 rings (SSSR count). The Bertz CT molecular complexity index is 287. The van der Waals surface area contributed by atoms with Gasteiger partial charge in [0.1, 0.15) is 0 Å². The van der Waals surface area contributed by atoms with Crippen molar-refractivity contribution in [2.45, 2.75) is 98.8 Å². The maximum atomic E-state index is 2.59. The van der Waals surface area contributed by atoms with E-state index < -0.39 is 0 Å². The van der Waals surface area contributed by atoms with Gasteiger partial charge in [0, 0.05) is 0 Å². The predicted molar refractivity (Wildman–Crippen MR) is 85.3 cm³/mol. The van der Waals surface area contributed by atoms with Crippen LogP contribution in [-0.2, 0) is 0 Å². The molecular weight excluding hydrogens is 228 g/mol. The number of hydrogen-bond acceptors (Lipinski definition) is 0. The molecule has 2 aliphatic carbocycles. The van der Waals surface area contributed by atoms with E-state index in [1.165, 1.54) is 64.2 Å². The topological polar surface area (TPSA) is 0 Å². The molecule has 19 heavy (non-hydrogen) atoms. The standard InChI is InChI=1S/C19H36/c1-16(18(4)12-8-6-9-13-18)17(2,3)19(5)14-10-7-11-15-19/h16H,6-15H2,1-5H3. The fourth-order valence-corrected chi connectivity index (χ4v) is 5.16. The van der Waals surface area contributed by atoms with Gasteiger partial charge in [-0.05, 0) is 47.8 Å². The fourth-order valence-electron chi connectivity index (χ4n) is 5.16. The van der Waals surface area contributed by atoms with E-state index in [9.17, 15) is 0 Å². The van der Waals surface area contributed by atoms with Crippen LogP contribution < -0.4 is 0 Å². The molecule has 0 N–H and O–H groups in total. The summed E-state index contributed by atoms with van der Waals surface area (Å²) in [6, 6.07) is 0. The Morgan fingerprint density at radius 1 is 0.737 bits per heavy atom. The minimum atomic E-state index is 0.486. The van der Waals surface area contributed by atoms with Crippen LogP contribution >= 0.6 is 0 Å². The second-order valence-corrected chi connectivity index (χ2v) is 8.78. The first-order chi connectivity index (χ1) is 8.82. The lowest BCUT2D eigenvalue weighted by atomic mass is 9.49. The zero-order valence-electron chi connectivity index (χ0n) is 14.1.